The molecule has 0 amide bonds. The third-order valence-corrected chi connectivity index (χ3v) is 3.91. The molecule has 2 rings (SSSR count). The Labute approximate surface area is 91.4 Å². The minimum absolute atomic E-state index is 0.250. The van der Waals surface area contributed by atoms with Gasteiger partial charge in [-0.1, -0.05) is 32.3 Å². The van der Waals surface area contributed by atoms with Crippen molar-refractivity contribution in [3.05, 3.63) is 12.2 Å². The molecule has 0 radical (unpaired) electrons. The molecule has 0 heterocycles. The third-order valence-electron chi connectivity index (χ3n) is 3.91. The number of carboxylic acids is 1. The van der Waals surface area contributed by atoms with Crippen LogP contribution in [0.15, 0.2) is 12.2 Å². The maximum Gasteiger partial charge on any atom is 0.331 e. The summed E-state index contributed by atoms with van der Waals surface area (Å²) in [5, 5.41) is 8.92. The predicted molar refractivity (Wildman–Crippen MR) is 59.6 cm³/mol. The maximum atomic E-state index is 10.8. The van der Waals surface area contributed by atoms with Gasteiger partial charge in [0.15, 0.2) is 0 Å². The number of carbonyl (C=O) groups is 1. The number of hydrogen-bond donors (Lipinski definition) is 1. The van der Waals surface area contributed by atoms with Crippen LogP contribution in [0.4, 0.5) is 0 Å². The van der Waals surface area contributed by atoms with Crippen molar-refractivity contribution in [2.75, 3.05) is 0 Å². The lowest BCUT2D eigenvalue weighted by molar-refractivity contribution is -0.133. The van der Waals surface area contributed by atoms with Gasteiger partial charge in [-0.3, -0.25) is 0 Å². The lowest BCUT2D eigenvalue weighted by Crippen LogP contribution is -2.20. The van der Waals surface area contributed by atoms with Crippen LogP contribution in [0.5, 0.6) is 0 Å². The molecule has 2 unspecified atom stereocenters. The molecule has 15 heavy (non-hydrogen) atoms. The van der Waals surface area contributed by atoms with Gasteiger partial charge in [0.1, 0.15) is 0 Å². The summed E-state index contributed by atoms with van der Waals surface area (Å²) in [4.78, 5) is 10.8. The highest BCUT2D eigenvalue weighted by atomic mass is 16.4. The predicted octanol–water partition coefficient (Wildman–Crippen LogP) is 3.23. The molecular formula is C13H20O2. The zero-order chi connectivity index (χ0) is 10.8. The van der Waals surface area contributed by atoms with Gasteiger partial charge < -0.3 is 5.11 Å². The number of aliphatic carboxylic acids is 1. The minimum Gasteiger partial charge on any atom is -0.478 e. The summed E-state index contributed by atoms with van der Waals surface area (Å²) in [5.41, 5.74) is 0.440. The standard InChI is InChI=1S/C13H20O2/c1-9(13(14)15)12-4-2-3-11(8-12)7-10-5-6-10/h10-12H,1-8H2,(H,14,15). The van der Waals surface area contributed by atoms with Crippen molar-refractivity contribution < 1.29 is 9.90 Å². The molecule has 84 valence electrons. The van der Waals surface area contributed by atoms with Crippen LogP contribution < -0.4 is 0 Å². The topological polar surface area (TPSA) is 37.3 Å². The molecule has 0 aliphatic heterocycles. The van der Waals surface area contributed by atoms with Crippen molar-refractivity contribution in [2.24, 2.45) is 17.8 Å². The second-order valence-corrected chi connectivity index (χ2v) is 5.24. The molecule has 0 bridgehead atoms. The quantitative estimate of drug-likeness (QED) is 0.720. The van der Waals surface area contributed by atoms with E-state index in [-0.39, 0.29) is 5.92 Å². The summed E-state index contributed by atoms with van der Waals surface area (Å²) in [7, 11) is 0. The monoisotopic (exact) mass is 208 g/mol. The second-order valence-electron chi connectivity index (χ2n) is 5.24. The van der Waals surface area contributed by atoms with Crippen LogP contribution in [0.25, 0.3) is 0 Å². The summed E-state index contributed by atoms with van der Waals surface area (Å²) in [6, 6.07) is 0. The third kappa shape index (κ3) is 2.83. The van der Waals surface area contributed by atoms with Gasteiger partial charge in [-0.25, -0.2) is 4.79 Å². The zero-order valence-electron chi connectivity index (χ0n) is 9.24. The number of rotatable bonds is 4. The summed E-state index contributed by atoms with van der Waals surface area (Å²) >= 11 is 0. The molecule has 0 spiro atoms. The van der Waals surface area contributed by atoms with E-state index >= 15 is 0 Å². The van der Waals surface area contributed by atoms with Gasteiger partial charge in [-0.05, 0) is 37.0 Å². The van der Waals surface area contributed by atoms with E-state index in [0.717, 1.165) is 24.7 Å². The first kappa shape index (κ1) is 10.7. The highest BCUT2D eigenvalue weighted by Gasteiger charge is 2.31. The van der Waals surface area contributed by atoms with E-state index in [9.17, 15) is 4.79 Å². The molecule has 2 aliphatic rings. The Kier molecular flexibility index (Phi) is 3.13. The Hall–Kier alpha value is -0.790. The largest absolute Gasteiger partial charge is 0.478 e. The van der Waals surface area contributed by atoms with E-state index in [4.69, 9.17) is 5.11 Å². The molecule has 1 N–H and O–H groups in total. The molecule has 0 aromatic heterocycles. The molecule has 0 aromatic rings. The summed E-state index contributed by atoms with van der Waals surface area (Å²) in [6.45, 7) is 3.71. The van der Waals surface area contributed by atoms with Gasteiger partial charge >= 0.3 is 5.97 Å². The van der Waals surface area contributed by atoms with Crippen molar-refractivity contribution in [1.82, 2.24) is 0 Å². The maximum absolute atomic E-state index is 10.8. The van der Waals surface area contributed by atoms with Gasteiger partial charge in [-0.15, -0.1) is 0 Å². The second kappa shape index (κ2) is 4.38. The van der Waals surface area contributed by atoms with Gasteiger partial charge in [0, 0.05) is 5.57 Å². The zero-order valence-corrected chi connectivity index (χ0v) is 9.24. The first-order valence-corrected chi connectivity index (χ1v) is 6.09. The Morgan fingerprint density at radius 1 is 1.20 bits per heavy atom. The van der Waals surface area contributed by atoms with Crippen LogP contribution >= 0.6 is 0 Å². The lowest BCUT2D eigenvalue weighted by Gasteiger charge is -2.29. The fourth-order valence-corrected chi connectivity index (χ4v) is 2.82. The van der Waals surface area contributed by atoms with E-state index in [1.807, 2.05) is 0 Å². The summed E-state index contributed by atoms with van der Waals surface area (Å²) < 4.78 is 0. The molecule has 0 aromatic carbocycles. The van der Waals surface area contributed by atoms with Gasteiger partial charge in [0.05, 0.1) is 0 Å². The highest BCUT2D eigenvalue weighted by molar-refractivity contribution is 5.86. The van der Waals surface area contributed by atoms with Crippen LogP contribution in [0.2, 0.25) is 0 Å². The Bertz CT molecular complexity index is 266. The minimum atomic E-state index is -0.799. The smallest absolute Gasteiger partial charge is 0.331 e. The highest BCUT2D eigenvalue weighted by Crippen LogP contribution is 2.42. The molecular weight excluding hydrogens is 188 g/mol. The molecule has 2 nitrogen and oxygen atoms in total. The Morgan fingerprint density at radius 3 is 2.53 bits per heavy atom. The molecule has 2 heteroatoms. The molecule has 2 fully saturated rings. The fourth-order valence-electron chi connectivity index (χ4n) is 2.82. The fraction of sp³-hybridized carbons (Fsp3) is 0.769. The average Bonchev–Trinajstić information content (AvgIpc) is 3.01. The van der Waals surface area contributed by atoms with E-state index in [1.165, 1.54) is 32.1 Å². The normalized spacial score (nSPS) is 31.2. The van der Waals surface area contributed by atoms with Crippen molar-refractivity contribution in [2.45, 2.75) is 44.9 Å². The number of carboxylic acid groups (broad SMARTS) is 1. The first-order chi connectivity index (χ1) is 7.16. The van der Waals surface area contributed by atoms with E-state index in [2.05, 4.69) is 6.58 Å². The Balaban J connectivity index is 1.85. The van der Waals surface area contributed by atoms with Gasteiger partial charge in [0.2, 0.25) is 0 Å². The first-order valence-electron chi connectivity index (χ1n) is 6.09. The van der Waals surface area contributed by atoms with E-state index in [0.29, 0.717) is 5.57 Å². The van der Waals surface area contributed by atoms with E-state index < -0.39 is 5.97 Å². The Morgan fingerprint density at radius 2 is 1.93 bits per heavy atom. The van der Waals surface area contributed by atoms with Crippen molar-refractivity contribution in [3.8, 4) is 0 Å². The van der Waals surface area contributed by atoms with E-state index in [1.54, 1.807) is 0 Å². The lowest BCUT2D eigenvalue weighted by atomic mass is 9.76. The molecule has 0 saturated heterocycles. The van der Waals surface area contributed by atoms with Crippen LogP contribution in [0.1, 0.15) is 44.9 Å². The SMILES string of the molecule is C=C(C(=O)O)C1CCCC(CC2CC2)C1. The van der Waals surface area contributed by atoms with Crippen molar-refractivity contribution in [3.63, 3.8) is 0 Å². The molecule has 2 aliphatic carbocycles. The van der Waals surface area contributed by atoms with Crippen molar-refractivity contribution in [1.29, 1.82) is 0 Å². The van der Waals surface area contributed by atoms with Crippen LogP contribution in [0.3, 0.4) is 0 Å². The van der Waals surface area contributed by atoms with Crippen LogP contribution in [-0.4, -0.2) is 11.1 Å². The van der Waals surface area contributed by atoms with Gasteiger partial charge in [-0.2, -0.15) is 0 Å². The van der Waals surface area contributed by atoms with Gasteiger partial charge in [0.25, 0.3) is 0 Å². The molecule has 2 atom stereocenters. The number of hydrogen-bond acceptors (Lipinski definition) is 1. The van der Waals surface area contributed by atoms with Crippen LogP contribution in [0, 0.1) is 17.8 Å². The van der Waals surface area contributed by atoms with Crippen molar-refractivity contribution >= 4 is 5.97 Å². The molecule has 2 saturated carbocycles. The summed E-state index contributed by atoms with van der Waals surface area (Å²) in [6.07, 6.45) is 8.74. The summed E-state index contributed by atoms with van der Waals surface area (Å²) in [5.74, 6) is 1.19. The average molecular weight is 208 g/mol. The van der Waals surface area contributed by atoms with Crippen LogP contribution in [-0.2, 0) is 4.79 Å².